The molecular formula is C16H17N3O4. The Labute approximate surface area is 133 Å². The van der Waals surface area contributed by atoms with Gasteiger partial charge in [0.15, 0.2) is 18.2 Å². The fraction of sp³-hybridized carbons (Fsp3) is 0.125. The standard InChI is InChI=1S/C16H17N3O4/c1-22-13-4-2-3-5-14(13)23-10-18-16(21)19-15(20)11-6-8-12(17)9-7-11/h2-9H,10,17H2,1H3,(H2,18,19,20,21). The molecule has 3 amide bonds. The predicted octanol–water partition coefficient (Wildman–Crippen LogP) is 1.75. The van der Waals surface area contributed by atoms with Crippen molar-refractivity contribution in [2.45, 2.75) is 0 Å². The quantitative estimate of drug-likeness (QED) is 0.576. The second kappa shape index (κ2) is 7.69. The van der Waals surface area contributed by atoms with Crippen molar-refractivity contribution in [1.82, 2.24) is 10.6 Å². The molecule has 0 saturated carbocycles. The Kier molecular flexibility index (Phi) is 5.40. The average Bonchev–Trinajstić information content (AvgIpc) is 2.55. The van der Waals surface area contributed by atoms with Gasteiger partial charge in [0, 0.05) is 11.3 Å². The lowest BCUT2D eigenvalue weighted by Crippen LogP contribution is -2.41. The number of ether oxygens (including phenoxy) is 2. The van der Waals surface area contributed by atoms with Gasteiger partial charge in [0.25, 0.3) is 5.91 Å². The van der Waals surface area contributed by atoms with Crippen LogP contribution in [-0.4, -0.2) is 25.8 Å². The van der Waals surface area contributed by atoms with E-state index in [4.69, 9.17) is 15.2 Å². The lowest BCUT2D eigenvalue weighted by Gasteiger charge is -2.11. The number of para-hydroxylation sites is 2. The second-order valence-corrected chi connectivity index (χ2v) is 4.52. The van der Waals surface area contributed by atoms with Crippen LogP contribution >= 0.6 is 0 Å². The number of methoxy groups -OCH3 is 1. The molecule has 2 aromatic rings. The van der Waals surface area contributed by atoms with Gasteiger partial charge in [-0.25, -0.2) is 4.79 Å². The first-order valence-corrected chi connectivity index (χ1v) is 6.80. The van der Waals surface area contributed by atoms with Crippen LogP contribution in [0, 0.1) is 0 Å². The molecule has 0 heterocycles. The van der Waals surface area contributed by atoms with E-state index in [-0.39, 0.29) is 6.73 Å². The summed E-state index contributed by atoms with van der Waals surface area (Å²) in [6, 6.07) is 12.6. The van der Waals surface area contributed by atoms with Gasteiger partial charge in [-0.2, -0.15) is 0 Å². The molecule has 0 fully saturated rings. The summed E-state index contributed by atoms with van der Waals surface area (Å²) in [5, 5.41) is 4.61. The van der Waals surface area contributed by atoms with Gasteiger partial charge in [-0.15, -0.1) is 0 Å². The SMILES string of the molecule is COc1ccccc1OCNC(=O)NC(=O)c1ccc(N)cc1. The number of benzene rings is 2. The summed E-state index contributed by atoms with van der Waals surface area (Å²) in [6.45, 7) is -0.110. The number of anilines is 1. The van der Waals surface area contributed by atoms with Crippen molar-refractivity contribution in [1.29, 1.82) is 0 Å². The van der Waals surface area contributed by atoms with Crippen LogP contribution < -0.4 is 25.8 Å². The van der Waals surface area contributed by atoms with Crippen LogP contribution in [-0.2, 0) is 0 Å². The van der Waals surface area contributed by atoms with Crippen LogP contribution in [0.25, 0.3) is 0 Å². The molecule has 2 aromatic carbocycles. The van der Waals surface area contributed by atoms with Crippen molar-refractivity contribution in [2.75, 3.05) is 19.6 Å². The summed E-state index contributed by atoms with van der Waals surface area (Å²) in [5.74, 6) is 0.507. The van der Waals surface area contributed by atoms with Crippen LogP contribution in [0.1, 0.15) is 10.4 Å². The first kappa shape index (κ1) is 16.2. The van der Waals surface area contributed by atoms with Crippen molar-refractivity contribution in [3.63, 3.8) is 0 Å². The summed E-state index contributed by atoms with van der Waals surface area (Å²) in [7, 11) is 1.52. The van der Waals surface area contributed by atoms with Crippen molar-refractivity contribution >= 4 is 17.6 Å². The molecule has 7 nitrogen and oxygen atoms in total. The zero-order chi connectivity index (χ0) is 16.7. The van der Waals surface area contributed by atoms with E-state index in [9.17, 15) is 9.59 Å². The highest BCUT2D eigenvalue weighted by Crippen LogP contribution is 2.25. The Morgan fingerprint density at radius 1 is 1.04 bits per heavy atom. The third kappa shape index (κ3) is 4.63. The van der Waals surface area contributed by atoms with E-state index in [1.54, 1.807) is 36.4 Å². The number of carbonyl (C=O) groups excluding carboxylic acids is 2. The van der Waals surface area contributed by atoms with E-state index in [0.717, 1.165) is 0 Å². The molecule has 0 atom stereocenters. The average molecular weight is 315 g/mol. The Balaban J connectivity index is 1.81. The number of hydrogen-bond donors (Lipinski definition) is 3. The molecule has 0 unspecified atom stereocenters. The van der Waals surface area contributed by atoms with E-state index < -0.39 is 11.9 Å². The summed E-state index contributed by atoms with van der Waals surface area (Å²) >= 11 is 0. The highest BCUT2D eigenvalue weighted by Gasteiger charge is 2.10. The molecular weight excluding hydrogens is 298 g/mol. The number of nitrogens with two attached hydrogens (primary N) is 1. The van der Waals surface area contributed by atoms with Crippen molar-refractivity contribution in [2.24, 2.45) is 0 Å². The Bertz CT molecular complexity index is 686. The molecule has 0 aliphatic carbocycles. The maximum Gasteiger partial charge on any atom is 0.324 e. The molecule has 2 rings (SSSR count). The van der Waals surface area contributed by atoms with Crippen LogP contribution in [0.3, 0.4) is 0 Å². The van der Waals surface area contributed by atoms with Crippen LogP contribution in [0.4, 0.5) is 10.5 Å². The molecule has 0 spiro atoms. The predicted molar refractivity (Wildman–Crippen MR) is 85.3 cm³/mol. The van der Waals surface area contributed by atoms with Gasteiger partial charge in [0.2, 0.25) is 0 Å². The molecule has 0 radical (unpaired) electrons. The highest BCUT2D eigenvalue weighted by atomic mass is 16.5. The third-order valence-corrected chi connectivity index (χ3v) is 2.93. The largest absolute Gasteiger partial charge is 0.493 e. The van der Waals surface area contributed by atoms with Gasteiger partial charge in [-0.3, -0.25) is 10.1 Å². The highest BCUT2D eigenvalue weighted by molar-refractivity contribution is 6.04. The topological polar surface area (TPSA) is 103 Å². The minimum Gasteiger partial charge on any atom is -0.493 e. The summed E-state index contributed by atoms with van der Waals surface area (Å²) < 4.78 is 10.5. The molecule has 0 aliphatic heterocycles. The number of amides is 3. The van der Waals surface area contributed by atoms with E-state index in [1.807, 2.05) is 0 Å². The molecule has 0 aromatic heterocycles. The first-order valence-electron chi connectivity index (χ1n) is 6.80. The normalized spacial score (nSPS) is 9.78. The number of nitrogen functional groups attached to an aromatic ring is 1. The monoisotopic (exact) mass is 315 g/mol. The Hall–Kier alpha value is -3.22. The number of carbonyl (C=O) groups is 2. The lowest BCUT2D eigenvalue weighted by atomic mass is 10.2. The lowest BCUT2D eigenvalue weighted by molar-refractivity contribution is 0.0962. The molecule has 4 N–H and O–H groups in total. The van der Waals surface area contributed by atoms with Gasteiger partial charge >= 0.3 is 6.03 Å². The van der Waals surface area contributed by atoms with Gasteiger partial charge < -0.3 is 20.5 Å². The fourth-order valence-corrected chi connectivity index (χ4v) is 1.77. The smallest absolute Gasteiger partial charge is 0.324 e. The maximum absolute atomic E-state index is 11.8. The van der Waals surface area contributed by atoms with Crippen molar-refractivity contribution in [3.05, 3.63) is 54.1 Å². The number of rotatable bonds is 5. The van der Waals surface area contributed by atoms with Gasteiger partial charge in [0.05, 0.1) is 7.11 Å². The molecule has 23 heavy (non-hydrogen) atoms. The van der Waals surface area contributed by atoms with E-state index in [0.29, 0.717) is 22.7 Å². The number of urea groups is 1. The minimum atomic E-state index is -0.665. The third-order valence-electron chi connectivity index (χ3n) is 2.93. The Morgan fingerprint density at radius 2 is 1.70 bits per heavy atom. The molecule has 0 bridgehead atoms. The van der Waals surface area contributed by atoms with E-state index >= 15 is 0 Å². The maximum atomic E-state index is 11.8. The van der Waals surface area contributed by atoms with Crippen molar-refractivity contribution < 1.29 is 19.1 Å². The van der Waals surface area contributed by atoms with Crippen molar-refractivity contribution in [3.8, 4) is 11.5 Å². The van der Waals surface area contributed by atoms with Gasteiger partial charge in [0.1, 0.15) is 0 Å². The molecule has 7 heteroatoms. The van der Waals surface area contributed by atoms with Gasteiger partial charge in [-0.05, 0) is 36.4 Å². The molecule has 120 valence electrons. The zero-order valence-electron chi connectivity index (χ0n) is 12.5. The second-order valence-electron chi connectivity index (χ2n) is 4.52. The summed E-state index contributed by atoms with van der Waals surface area (Å²) in [5.41, 5.74) is 6.41. The summed E-state index contributed by atoms with van der Waals surface area (Å²) in [4.78, 5) is 23.5. The number of imide groups is 1. The Morgan fingerprint density at radius 3 is 2.35 bits per heavy atom. The van der Waals surface area contributed by atoms with Crippen LogP contribution in [0.2, 0.25) is 0 Å². The zero-order valence-corrected chi connectivity index (χ0v) is 12.5. The van der Waals surface area contributed by atoms with Crippen LogP contribution in [0.15, 0.2) is 48.5 Å². The fourth-order valence-electron chi connectivity index (χ4n) is 1.77. The number of nitrogens with one attached hydrogen (secondary N) is 2. The number of hydrogen-bond acceptors (Lipinski definition) is 5. The first-order chi connectivity index (χ1) is 11.1. The van der Waals surface area contributed by atoms with E-state index in [1.165, 1.54) is 19.2 Å². The van der Waals surface area contributed by atoms with Gasteiger partial charge in [-0.1, -0.05) is 12.1 Å². The van der Waals surface area contributed by atoms with E-state index in [2.05, 4.69) is 10.6 Å². The van der Waals surface area contributed by atoms with Crippen LogP contribution in [0.5, 0.6) is 11.5 Å². The summed E-state index contributed by atoms with van der Waals surface area (Å²) in [6.07, 6.45) is 0. The molecule has 0 aliphatic rings. The minimum absolute atomic E-state index is 0.110. The molecule has 0 saturated heterocycles.